The Bertz CT molecular complexity index is 1400. The molecule has 0 saturated carbocycles. The van der Waals surface area contributed by atoms with Crippen molar-refractivity contribution in [2.45, 2.75) is 24.5 Å². The second-order valence-corrected chi connectivity index (χ2v) is 10.4. The highest BCUT2D eigenvalue weighted by Gasteiger charge is 2.49. The molecule has 3 amide bonds. The van der Waals surface area contributed by atoms with Crippen LogP contribution in [0.15, 0.2) is 72.8 Å². The third-order valence-corrected chi connectivity index (χ3v) is 7.78. The number of halogens is 1. The average molecular weight is 549 g/mol. The predicted octanol–water partition coefficient (Wildman–Crippen LogP) is 5.00. The van der Waals surface area contributed by atoms with E-state index in [4.69, 9.17) is 22.1 Å². The molecule has 9 nitrogen and oxygen atoms in total. The summed E-state index contributed by atoms with van der Waals surface area (Å²) in [5, 5.41) is 12.5. The highest BCUT2D eigenvalue weighted by atomic mass is 35.5. The van der Waals surface area contributed by atoms with Crippen LogP contribution in [0.2, 0.25) is 5.02 Å². The molecule has 202 valence electrons. The molecule has 1 unspecified atom stereocenters. The molecule has 4 N–H and O–H groups in total. The topological polar surface area (TPSA) is 125 Å². The number of carboxylic acid groups (broad SMARTS) is 1. The second kappa shape index (κ2) is 10.6. The minimum absolute atomic E-state index is 0.145. The van der Waals surface area contributed by atoms with E-state index in [1.54, 1.807) is 47.4 Å². The van der Waals surface area contributed by atoms with Gasteiger partial charge in [0.15, 0.2) is 5.60 Å². The number of hydrogen-bond acceptors (Lipinski definition) is 5. The molecular formula is C29H29ClN4O5. The van der Waals surface area contributed by atoms with Gasteiger partial charge >= 0.3 is 12.2 Å². The molecule has 0 aliphatic carbocycles. The molecule has 2 aliphatic heterocycles. The Hall–Kier alpha value is -4.08. The molecular weight excluding hydrogens is 520 g/mol. The van der Waals surface area contributed by atoms with Crippen LogP contribution in [0.1, 0.15) is 29.2 Å². The minimum Gasteiger partial charge on any atom is -0.465 e. The van der Waals surface area contributed by atoms with Crippen molar-refractivity contribution in [3.05, 3.63) is 94.5 Å². The first kappa shape index (κ1) is 26.5. The summed E-state index contributed by atoms with van der Waals surface area (Å²) in [5.74, 6) is -0.755. The van der Waals surface area contributed by atoms with E-state index >= 15 is 0 Å². The number of fused-ring (bicyclic) bond motifs is 2. The second-order valence-electron chi connectivity index (χ2n) is 9.96. The van der Waals surface area contributed by atoms with Crippen molar-refractivity contribution < 1.29 is 24.2 Å². The Morgan fingerprint density at radius 2 is 1.87 bits per heavy atom. The first-order chi connectivity index (χ1) is 18.7. The number of anilines is 2. The third-order valence-electron chi connectivity index (χ3n) is 7.54. The van der Waals surface area contributed by atoms with Gasteiger partial charge in [-0.25, -0.2) is 9.59 Å². The van der Waals surface area contributed by atoms with Crippen LogP contribution in [0, 0.1) is 5.92 Å². The van der Waals surface area contributed by atoms with Crippen LogP contribution in [0.25, 0.3) is 0 Å². The first-order valence-electron chi connectivity index (χ1n) is 12.6. The van der Waals surface area contributed by atoms with Crippen LogP contribution in [-0.2, 0) is 21.6 Å². The van der Waals surface area contributed by atoms with E-state index in [0.717, 1.165) is 16.0 Å². The third kappa shape index (κ3) is 5.28. The van der Waals surface area contributed by atoms with Gasteiger partial charge in [-0.15, -0.1) is 0 Å². The summed E-state index contributed by atoms with van der Waals surface area (Å²) in [6, 6.07) is 21.1. The predicted molar refractivity (Wildman–Crippen MR) is 148 cm³/mol. The molecule has 3 atom stereocenters. The summed E-state index contributed by atoms with van der Waals surface area (Å²) in [6.07, 6.45) is -0.801. The molecule has 39 heavy (non-hydrogen) atoms. The average Bonchev–Trinajstić information content (AvgIpc) is 3.35. The van der Waals surface area contributed by atoms with Gasteiger partial charge in [-0.1, -0.05) is 54.1 Å². The molecule has 3 aromatic rings. The van der Waals surface area contributed by atoms with Crippen molar-refractivity contribution in [2.75, 3.05) is 30.4 Å². The molecule has 5 rings (SSSR count). The Kier molecular flexibility index (Phi) is 7.20. The quantitative estimate of drug-likeness (QED) is 0.398. The Morgan fingerprint density at radius 3 is 2.56 bits per heavy atom. The summed E-state index contributed by atoms with van der Waals surface area (Å²) in [5.41, 5.74) is 9.28. The number of nitrogens with two attached hydrogens (primary N) is 1. The number of likely N-dealkylation sites (tertiary alicyclic amines) is 1. The SMILES string of the molecule is CN(C(=O)O)c1ccc(C(N)[C@@H](Cc2ccccc2)C(=O)N2CC[C@]3(C2)OC(=O)Nc2ccc(Cl)cc23)cc1. The summed E-state index contributed by atoms with van der Waals surface area (Å²) in [7, 11) is 1.46. The van der Waals surface area contributed by atoms with Crippen LogP contribution >= 0.6 is 11.6 Å². The lowest BCUT2D eigenvalue weighted by Gasteiger charge is -2.36. The molecule has 2 heterocycles. The summed E-state index contributed by atoms with van der Waals surface area (Å²) in [4.78, 5) is 40.6. The van der Waals surface area contributed by atoms with E-state index in [0.29, 0.717) is 41.3 Å². The van der Waals surface area contributed by atoms with E-state index in [-0.39, 0.29) is 12.5 Å². The molecule has 1 spiro atoms. The van der Waals surface area contributed by atoms with E-state index in [1.165, 1.54) is 7.05 Å². The molecule has 0 aromatic heterocycles. The standard InChI is InChI=1S/C29H29ClN4O5/c1-33(28(37)38)21-10-7-19(8-11-21)25(31)22(15-18-5-3-2-4-6-18)26(35)34-14-13-29(17-34)23-16-20(30)9-12-24(23)32-27(36)39-29/h2-12,16,22,25H,13-15,17,31H2,1H3,(H,32,36)(H,37,38)/t22-,25?,29-/m1/s1. The van der Waals surface area contributed by atoms with Crippen LogP contribution in [0.4, 0.5) is 21.0 Å². The largest absolute Gasteiger partial charge is 0.465 e. The van der Waals surface area contributed by atoms with Gasteiger partial charge in [0, 0.05) is 42.3 Å². The van der Waals surface area contributed by atoms with Crippen LogP contribution < -0.4 is 16.0 Å². The molecule has 0 radical (unpaired) electrons. The molecule has 1 fully saturated rings. The normalized spacial score (nSPS) is 19.6. The van der Waals surface area contributed by atoms with Gasteiger partial charge in [-0.3, -0.25) is 15.0 Å². The fraction of sp³-hybridized carbons (Fsp3) is 0.276. The van der Waals surface area contributed by atoms with E-state index in [1.807, 2.05) is 30.3 Å². The Balaban J connectivity index is 1.43. The maximum absolute atomic E-state index is 14.1. The first-order valence-corrected chi connectivity index (χ1v) is 13.0. The van der Waals surface area contributed by atoms with Gasteiger partial charge in [0.1, 0.15) is 0 Å². The van der Waals surface area contributed by atoms with E-state index < -0.39 is 29.7 Å². The number of nitrogens with zero attached hydrogens (tertiary/aromatic N) is 2. The maximum Gasteiger partial charge on any atom is 0.412 e. The van der Waals surface area contributed by atoms with Crippen LogP contribution in [0.5, 0.6) is 0 Å². The lowest BCUT2D eigenvalue weighted by molar-refractivity contribution is -0.136. The maximum atomic E-state index is 14.1. The molecule has 0 bridgehead atoms. The monoisotopic (exact) mass is 548 g/mol. The number of benzene rings is 3. The molecule has 1 saturated heterocycles. The Morgan fingerprint density at radius 1 is 1.15 bits per heavy atom. The molecule has 10 heteroatoms. The zero-order chi connectivity index (χ0) is 27.7. The van der Waals surface area contributed by atoms with Crippen LogP contribution in [-0.4, -0.2) is 48.2 Å². The lowest BCUT2D eigenvalue weighted by Crippen LogP contribution is -2.45. The zero-order valence-corrected chi connectivity index (χ0v) is 22.1. The Labute approximate surface area is 231 Å². The number of carbonyl (C=O) groups is 3. The van der Waals surface area contributed by atoms with Gasteiger partial charge in [-0.05, 0) is 47.9 Å². The minimum atomic E-state index is -1.08. The number of nitrogens with one attached hydrogen (secondary N) is 1. The highest BCUT2D eigenvalue weighted by molar-refractivity contribution is 6.30. The zero-order valence-electron chi connectivity index (χ0n) is 21.3. The van der Waals surface area contributed by atoms with Crippen molar-refractivity contribution in [1.82, 2.24) is 4.90 Å². The van der Waals surface area contributed by atoms with Crippen molar-refractivity contribution in [3.63, 3.8) is 0 Å². The lowest BCUT2D eigenvalue weighted by atomic mass is 9.86. The van der Waals surface area contributed by atoms with Gasteiger partial charge in [0.25, 0.3) is 0 Å². The fourth-order valence-electron chi connectivity index (χ4n) is 5.38. The van der Waals surface area contributed by atoms with Crippen molar-refractivity contribution >= 4 is 41.1 Å². The van der Waals surface area contributed by atoms with Crippen molar-refractivity contribution in [3.8, 4) is 0 Å². The highest BCUT2D eigenvalue weighted by Crippen LogP contribution is 2.44. The number of ether oxygens (including phenoxy) is 1. The smallest absolute Gasteiger partial charge is 0.412 e. The summed E-state index contributed by atoms with van der Waals surface area (Å²) >= 11 is 6.27. The van der Waals surface area contributed by atoms with Gasteiger partial charge in [0.05, 0.1) is 18.2 Å². The van der Waals surface area contributed by atoms with Crippen molar-refractivity contribution in [1.29, 1.82) is 0 Å². The summed E-state index contributed by atoms with van der Waals surface area (Å²) in [6.45, 7) is 0.575. The number of carbonyl (C=O) groups excluding carboxylic acids is 2. The number of amides is 3. The van der Waals surface area contributed by atoms with Crippen molar-refractivity contribution in [2.24, 2.45) is 11.7 Å². The molecule has 2 aliphatic rings. The summed E-state index contributed by atoms with van der Waals surface area (Å²) < 4.78 is 5.81. The van der Waals surface area contributed by atoms with Crippen LogP contribution in [0.3, 0.4) is 0 Å². The molecule has 3 aromatic carbocycles. The van der Waals surface area contributed by atoms with Gasteiger partial charge in [0.2, 0.25) is 5.91 Å². The fourth-order valence-corrected chi connectivity index (χ4v) is 5.55. The van der Waals surface area contributed by atoms with E-state index in [9.17, 15) is 19.5 Å². The van der Waals surface area contributed by atoms with Gasteiger partial charge < -0.3 is 20.5 Å². The van der Waals surface area contributed by atoms with Gasteiger partial charge in [-0.2, -0.15) is 0 Å². The van der Waals surface area contributed by atoms with E-state index in [2.05, 4.69) is 5.32 Å². The number of hydrogen-bond donors (Lipinski definition) is 3. The number of rotatable bonds is 6.